The van der Waals surface area contributed by atoms with Gasteiger partial charge in [-0.15, -0.1) is 0 Å². The number of halogens is 2. The normalized spacial score (nSPS) is 19.4. The van der Waals surface area contributed by atoms with Crippen LogP contribution >= 0.6 is 11.6 Å². The van der Waals surface area contributed by atoms with Crippen LogP contribution in [-0.2, 0) is 6.61 Å². The Bertz CT molecular complexity index is 1550. The highest BCUT2D eigenvalue weighted by molar-refractivity contribution is 6.32. The quantitative estimate of drug-likeness (QED) is 0.189. The van der Waals surface area contributed by atoms with Crippen molar-refractivity contribution >= 4 is 29.2 Å². The fourth-order valence-corrected chi connectivity index (χ4v) is 5.78. The Labute approximate surface area is 232 Å². The highest BCUT2D eigenvalue weighted by Gasteiger charge is 2.37. The van der Waals surface area contributed by atoms with E-state index in [-0.39, 0.29) is 18.5 Å². The molecule has 0 aromatic heterocycles. The lowest BCUT2D eigenvalue weighted by Crippen LogP contribution is -2.28. The third-order valence-electron chi connectivity index (χ3n) is 7.47. The highest BCUT2D eigenvalue weighted by Crippen LogP contribution is 2.49. The Balaban J connectivity index is 1.17. The molecule has 0 saturated heterocycles. The number of allylic oxidation sites excluding steroid dienone is 2. The number of hydrogen-bond donors (Lipinski definition) is 1. The largest absolute Gasteiger partial charge is 0.493 e. The van der Waals surface area contributed by atoms with Gasteiger partial charge in [0.1, 0.15) is 12.4 Å². The van der Waals surface area contributed by atoms with Crippen molar-refractivity contribution in [1.29, 1.82) is 0 Å². The van der Waals surface area contributed by atoms with E-state index in [0.717, 1.165) is 17.7 Å². The smallest absolute Gasteiger partial charge is 0.180 e. The Kier molecular flexibility index (Phi) is 7.08. The molecular weight excluding hydrogens is 511 g/mol. The zero-order valence-corrected chi connectivity index (χ0v) is 22.2. The maximum atomic E-state index is 14.0. The molecule has 3 atom stereocenters. The van der Waals surface area contributed by atoms with Crippen LogP contribution in [0.4, 0.5) is 15.8 Å². The number of hydrogen-bond acceptors (Lipinski definition) is 4. The maximum absolute atomic E-state index is 14.0. The molecule has 39 heavy (non-hydrogen) atoms. The fourth-order valence-electron chi connectivity index (χ4n) is 5.51. The minimum absolute atomic E-state index is 0.0433. The molecule has 6 rings (SSSR count). The van der Waals surface area contributed by atoms with Crippen molar-refractivity contribution in [3.63, 3.8) is 0 Å². The van der Waals surface area contributed by atoms with Gasteiger partial charge in [0.15, 0.2) is 11.5 Å². The zero-order chi connectivity index (χ0) is 26.8. The lowest BCUT2D eigenvalue weighted by atomic mass is 9.77. The van der Waals surface area contributed by atoms with Gasteiger partial charge < -0.3 is 14.8 Å². The van der Waals surface area contributed by atoms with Crippen LogP contribution in [0.5, 0.6) is 11.5 Å². The molecule has 4 aromatic rings. The number of benzene rings is 4. The molecule has 4 aromatic carbocycles. The van der Waals surface area contributed by atoms with Gasteiger partial charge >= 0.3 is 0 Å². The number of anilines is 1. The highest BCUT2D eigenvalue weighted by atomic mass is 35.5. The topological polar surface area (TPSA) is 42.8 Å². The Morgan fingerprint density at radius 3 is 2.64 bits per heavy atom. The molecule has 0 unspecified atom stereocenters. The summed E-state index contributed by atoms with van der Waals surface area (Å²) in [5, 5.41) is 4.14. The fraction of sp³-hybridized carbons (Fsp3) is 0.182. The van der Waals surface area contributed by atoms with Gasteiger partial charge in [-0.25, -0.2) is 4.39 Å². The summed E-state index contributed by atoms with van der Waals surface area (Å²) in [5.74, 6) is 1.45. The van der Waals surface area contributed by atoms with Gasteiger partial charge in [0, 0.05) is 23.4 Å². The minimum atomic E-state index is -0.328. The van der Waals surface area contributed by atoms with E-state index in [4.69, 9.17) is 21.1 Å². The molecule has 0 spiro atoms. The summed E-state index contributed by atoms with van der Waals surface area (Å²) in [7, 11) is 1.55. The third kappa shape index (κ3) is 5.15. The molecule has 0 radical (unpaired) electrons. The van der Waals surface area contributed by atoms with Gasteiger partial charge in [-0.1, -0.05) is 72.3 Å². The molecule has 1 heterocycles. The number of ether oxygens (including phenoxy) is 2. The van der Waals surface area contributed by atoms with Crippen LogP contribution in [0.3, 0.4) is 0 Å². The second-order valence-electron chi connectivity index (χ2n) is 9.83. The lowest BCUT2D eigenvalue weighted by Gasteiger charge is -2.37. The minimum Gasteiger partial charge on any atom is -0.493 e. The average Bonchev–Trinajstić information content (AvgIpc) is 3.46. The molecule has 1 N–H and O–H groups in total. The number of nitrogens with one attached hydrogen (secondary N) is 1. The predicted octanol–water partition coefficient (Wildman–Crippen LogP) is 8.64. The first kappa shape index (κ1) is 25.2. The Morgan fingerprint density at radius 2 is 1.82 bits per heavy atom. The van der Waals surface area contributed by atoms with E-state index in [1.54, 1.807) is 43.7 Å². The van der Waals surface area contributed by atoms with Crippen molar-refractivity contribution in [2.24, 2.45) is 10.9 Å². The first-order valence-corrected chi connectivity index (χ1v) is 13.4. The van der Waals surface area contributed by atoms with Crippen molar-refractivity contribution < 1.29 is 13.9 Å². The molecule has 4 nitrogen and oxygen atoms in total. The average molecular weight is 539 g/mol. The molecule has 0 fully saturated rings. The number of fused-ring (bicyclic) bond motifs is 3. The predicted molar refractivity (Wildman–Crippen MR) is 155 cm³/mol. The van der Waals surface area contributed by atoms with E-state index in [9.17, 15) is 4.39 Å². The van der Waals surface area contributed by atoms with E-state index in [2.05, 4.69) is 58.9 Å². The number of rotatable bonds is 7. The van der Waals surface area contributed by atoms with Crippen LogP contribution in [0.2, 0.25) is 5.02 Å². The molecule has 6 heteroatoms. The molecule has 0 saturated carbocycles. The summed E-state index contributed by atoms with van der Waals surface area (Å²) >= 11 is 6.52. The van der Waals surface area contributed by atoms with Gasteiger partial charge in [-0.05, 0) is 65.4 Å². The van der Waals surface area contributed by atoms with Crippen molar-refractivity contribution in [2.45, 2.75) is 25.0 Å². The summed E-state index contributed by atoms with van der Waals surface area (Å²) in [6.45, 7) is 0.0433. The number of aliphatic imine (C=N–C) groups is 1. The summed E-state index contributed by atoms with van der Waals surface area (Å²) in [6.07, 6.45) is 7.47. The van der Waals surface area contributed by atoms with Gasteiger partial charge in [-0.3, -0.25) is 4.99 Å². The summed E-state index contributed by atoms with van der Waals surface area (Å²) in [5.41, 5.74) is 5.90. The Hall–Kier alpha value is -4.09. The van der Waals surface area contributed by atoms with Crippen LogP contribution in [0, 0.1) is 11.7 Å². The van der Waals surface area contributed by atoms with Gasteiger partial charge in [0.05, 0.1) is 23.9 Å². The zero-order valence-electron chi connectivity index (χ0n) is 21.5. The molecule has 196 valence electrons. The monoisotopic (exact) mass is 538 g/mol. The second kappa shape index (κ2) is 11.0. The second-order valence-corrected chi connectivity index (χ2v) is 10.2. The summed E-state index contributed by atoms with van der Waals surface area (Å²) in [6, 6.07) is 27.3. The van der Waals surface area contributed by atoms with E-state index >= 15 is 0 Å². The van der Waals surface area contributed by atoms with Gasteiger partial charge in [-0.2, -0.15) is 0 Å². The van der Waals surface area contributed by atoms with Crippen LogP contribution in [0.25, 0.3) is 0 Å². The van der Waals surface area contributed by atoms with Crippen LogP contribution < -0.4 is 14.8 Å². The first-order valence-electron chi connectivity index (χ1n) is 13.0. The van der Waals surface area contributed by atoms with Gasteiger partial charge in [0.25, 0.3) is 0 Å². The van der Waals surface area contributed by atoms with Crippen molar-refractivity contribution in [1.82, 2.24) is 0 Å². The molecular formula is C33H28ClFN2O2. The molecule has 0 bridgehead atoms. The van der Waals surface area contributed by atoms with Crippen LogP contribution in [0.15, 0.2) is 102 Å². The third-order valence-corrected chi connectivity index (χ3v) is 7.75. The van der Waals surface area contributed by atoms with E-state index in [1.165, 1.54) is 22.9 Å². The van der Waals surface area contributed by atoms with Gasteiger partial charge in [0.2, 0.25) is 0 Å². The number of methoxy groups -OCH3 is 1. The standard InChI is InChI=1S/C33H28ClFN2O2/c1-38-31-18-21(17-28(34)33(31)39-20-23-7-2-4-11-29(23)35)19-36-24-15-13-22(14-16-24)32-27-10-6-9-25(27)26-8-3-5-12-30(26)37-32/h2-9,11-19,25,27,32,37H,10,20H2,1H3/t25-,27-,32+/m1/s1. The summed E-state index contributed by atoms with van der Waals surface area (Å²) < 4.78 is 25.3. The van der Waals surface area contributed by atoms with Crippen molar-refractivity contribution in [3.05, 3.63) is 130 Å². The molecule has 0 amide bonds. The number of para-hydroxylation sites is 1. The summed E-state index contributed by atoms with van der Waals surface area (Å²) in [4.78, 5) is 4.65. The maximum Gasteiger partial charge on any atom is 0.180 e. The van der Waals surface area contributed by atoms with Crippen LogP contribution in [0.1, 0.15) is 40.6 Å². The van der Waals surface area contributed by atoms with E-state index in [0.29, 0.717) is 33.9 Å². The SMILES string of the molecule is COc1cc(C=Nc2ccc([C@@H]3Nc4ccccc4[C@H]4C=CC[C@H]43)cc2)cc(Cl)c1OCc1ccccc1F. The molecule has 1 aliphatic carbocycles. The molecule has 2 aliphatic rings. The Morgan fingerprint density at radius 1 is 1.03 bits per heavy atom. The number of nitrogens with zero attached hydrogens (tertiary/aromatic N) is 1. The van der Waals surface area contributed by atoms with E-state index in [1.807, 2.05) is 12.1 Å². The van der Waals surface area contributed by atoms with Crippen LogP contribution in [-0.4, -0.2) is 13.3 Å². The van der Waals surface area contributed by atoms with Crippen molar-refractivity contribution in [2.75, 3.05) is 12.4 Å². The van der Waals surface area contributed by atoms with E-state index < -0.39 is 0 Å². The first-order chi connectivity index (χ1) is 19.1. The molecule has 1 aliphatic heterocycles. The van der Waals surface area contributed by atoms with Crippen molar-refractivity contribution in [3.8, 4) is 11.5 Å². The lowest BCUT2D eigenvalue weighted by molar-refractivity contribution is 0.280.